The van der Waals surface area contributed by atoms with E-state index < -0.39 is 17.4 Å². The number of benzene rings is 3. The van der Waals surface area contributed by atoms with E-state index >= 15 is 0 Å². The number of halogens is 1. The van der Waals surface area contributed by atoms with Gasteiger partial charge >= 0.3 is 0 Å². The van der Waals surface area contributed by atoms with Crippen molar-refractivity contribution in [1.29, 1.82) is 0 Å². The first-order valence-corrected chi connectivity index (χ1v) is 14.2. The van der Waals surface area contributed by atoms with Crippen LogP contribution in [0.25, 0.3) is 0 Å². The summed E-state index contributed by atoms with van der Waals surface area (Å²) in [5.74, 6) is -1.78. The van der Waals surface area contributed by atoms with Gasteiger partial charge in [-0.1, -0.05) is 60.7 Å². The second kappa shape index (κ2) is 9.67. The third-order valence-corrected chi connectivity index (χ3v) is 8.67. The predicted molar refractivity (Wildman–Crippen MR) is 145 cm³/mol. The summed E-state index contributed by atoms with van der Waals surface area (Å²) in [6.07, 6.45) is 2.67. The summed E-state index contributed by atoms with van der Waals surface area (Å²) < 4.78 is 13.6. The molecule has 3 aromatic carbocycles. The molecule has 2 saturated heterocycles. The van der Waals surface area contributed by atoms with Crippen molar-refractivity contribution in [3.63, 3.8) is 0 Å². The highest BCUT2D eigenvalue weighted by Crippen LogP contribution is 2.55. The van der Waals surface area contributed by atoms with E-state index in [0.29, 0.717) is 12.1 Å². The minimum Gasteiger partial charge on any atom is -0.306 e. The molecular weight excluding hydrogens is 501 g/mol. The predicted octanol–water partition coefficient (Wildman–Crippen LogP) is 4.09. The van der Waals surface area contributed by atoms with Crippen LogP contribution in [0.15, 0.2) is 78.9 Å². The number of nitrogens with zero attached hydrogens (tertiary/aromatic N) is 2. The van der Waals surface area contributed by atoms with Gasteiger partial charge in [-0.25, -0.2) is 4.39 Å². The van der Waals surface area contributed by atoms with Gasteiger partial charge in [0.25, 0.3) is 5.91 Å². The molecule has 3 aliphatic heterocycles. The van der Waals surface area contributed by atoms with Gasteiger partial charge in [0, 0.05) is 17.3 Å². The van der Waals surface area contributed by atoms with Crippen molar-refractivity contribution in [3.8, 4) is 0 Å². The highest BCUT2D eigenvalue weighted by molar-refractivity contribution is 7.98. The number of para-hydroxylation sites is 1. The molecule has 1 spiro atoms. The Labute approximate surface area is 225 Å². The van der Waals surface area contributed by atoms with Gasteiger partial charge in [0.05, 0.1) is 24.9 Å². The molecule has 8 heteroatoms. The maximum atomic E-state index is 14.4. The number of amides is 3. The maximum absolute atomic E-state index is 14.4. The molecule has 1 N–H and O–H groups in total. The van der Waals surface area contributed by atoms with Gasteiger partial charge in [-0.3, -0.25) is 24.6 Å². The number of carbonyl (C=O) groups is 3. The highest BCUT2D eigenvalue weighted by atomic mass is 32.2. The number of carbonyl (C=O) groups excluding carboxylic acids is 3. The molecule has 0 unspecified atom stereocenters. The van der Waals surface area contributed by atoms with Gasteiger partial charge in [0.1, 0.15) is 11.4 Å². The Bertz CT molecular complexity index is 1400. The summed E-state index contributed by atoms with van der Waals surface area (Å²) in [5.41, 5.74) is 1.74. The SMILES string of the molecule is CSCC[C@H]1N[C@]2(C(=O)N(Cc3ccc(F)cc3)c3ccccc32)[C@@H]2C(=O)N(Cc3ccccc3)C(=O)[C@H]21. The zero-order chi connectivity index (χ0) is 26.4. The van der Waals surface area contributed by atoms with Crippen LogP contribution >= 0.6 is 11.8 Å². The van der Waals surface area contributed by atoms with Gasteiger partial charge in [0.2, 0.25) is 11.8 Å². The molecule has 0 aliphatic carbocycles. The largest absolute Gasteiger partial charge is 0.306 e. The number of nitrogens with one attached hydrogen (secondary N) is 1. The van der Waals surface area contributed by atoms with E-state index in [1.807, 2.05) is 60.9 Å². The van der Waals surface area contributed by atoms with Crippen molar-refractivity contribution in [3.05, 3.63) is 101 Å². The third kappa shape index (κ3) is 3.77. The monoisotopic (exact) mass is 529 g/mol. The smallest absolute Gasteiger partial charge is 0.253 e. The number of fused-ring (bicyclic) bond motifs is 4. The van der Waals surface area contributed by atoms with Crippen molar-refractivity contribution in [1.82, 2.24) is 10.2 Å². The molecule has 6 rings (SSSR count). The fourth-order valence-corrected chi connectivity index (χ4v) is 6.84. The second-order valence-corrected chi connectivity index (χ2v) is 11.1. The molecular formula is C30H28FN3O3S. The molecule has 3 aromatic rings. The minimum absolute atomic E-state index is 0.186. The number of hydrogen-bond donors (Lipinski definition) is 1. The molecule has 0 bridgehead atoms. The van der Waals surface area contributed by atoms with Gasteiger partial charge in [-0.15, -0.1) is 0 Å². The number of hydrogen-bond acceptors (Lipinski definition) is 5. The zero-order valence-corrected chi connectivity index (χ0v) is 21.8. The highest BCUT2D eigenvalue weighted by Gasteiger charge is 2.71. The lowest BCUT2D eigenvalue weighted by molar-refractivity contribution is -0.143. The molecule has 3 amide bonds. The van der Waals surface area contributed by atoms with Crippen molar-refractivity contribution in [2.75, 3.05) is 16.9 Å². The molecule has 4 atom stereocenters. The van der Waals surface area contributed by atoms with Gasteiger partial charge in [-0.05, 0) is 47.8 Å². The van der Waals surface area contributed by atoms with Crippen LogP contribution < -0.4 is 10.2 Å². The molecule has 6 nitrogen and oxygen atoms in total. The summed E-state index contributed by atoms with van der Waals surface area (Å²) in [7, 11) is 0. The second-order valence-electron chi connectivity index (χ2n) is 10.1. The van der Waals surface area contributed by atoms with Crippen molar-refractivity contribution in [2.45, 2.75) is 31.1 Å². The van der Waals surface area contributed by atoms with Crippen molar-refractivity contribution in [2.24, 2.45) is 11.8 Å². The number of anilines is 1. The van der Waals surface area contributed by atoms with Gasteiger partial charge < -0.3 is 4.90 Å². The van der Waals surface area contributed by atoms with Crippen LogP contribution in [0.4, 0.5) is 10.1 Å². The summed E-state index contributed by atoms with van der Waals surface area (Å²) >= 11 is 1.67. The fourth-order valence-electron chi connectivity index (χ4n) is 6.35. The molecule has 3 aliphatic rings. The summed E-state index contributed by atoms with van der Waals surface area (Å²) in [5, 5.41) is 3.55. The van der Waals surface area contributed by atoms with Crippen molar-refractivity contribution >= 4 is 35.2 Å². The molecule has 0 saturated carbocycles. The number of likely N-dealkylation sites (tertiary alicyclic amines) is 1. The lowest BCUT2D eigenvalue weighted by Crippen LogP contribution is -2.55. The number of rotatable bonds is 7. The van der Waals surface area contributed by atoms with Crippen molar-refractivity contribution < 1.29 is 18.8 Å². The zero-order valence-electron chi connectivity index (χ0n) is 21.0. The van der Waals surface area contributed by atoms with Gasteiger partial charge in [-0.2, -0.15) is 11.8 Å². The summed E-state index contributed by atoms with van der Waals surface area (Å²) in [6.45, 7) is 0.425. The Morgan fingerprint density at radius 1 is 0.842 bits per heavy atom. The quantitative estimate of drug-likeness (QED) is 0.467. The topological polar surface area (TPSA) is 69.7 Å². The molecule has 2 fully saturated rings. The summed E-state index contributed by atoms with van der Waals surface area (Å²) in [6, 6.07) is 22.7. The Morgan fingerprint density at radius 2 is 1.50 bits per heavy atom. The van der Waals surface area contributed by atoms with Crippen LogP contribution in [-0.4, -0.2) is 40.7 Å². The van der Waals surface area contributed by atoms with E-state index in [1.54, 1.807) is 28.8 Å². The first-order valence-electron chi connectivity index (χ1n) is 12.8. The van der Waals surface area contributed by atoms with Crippen LogP contribution in [-0.2, 0) is 33.0 Å². The van der Waals surface area contributed by atoms with Gasteiger partial charge in [0.15, 0.2) is 0 Å². The first kappa shape index (κ1) is 24.8. The molecule has 0 aromatic heterocycles. The van der Waals surface area contributed by atoms with Crippen LogP contribution in [0.1, 0.15) is 23.1 Å². The normalized spacial score (nSPS) is 25.9. The molecule has 3 heterocycles. The Morgan fingerprint density at radius 3 is 2.24 bits per heavy atom. The van der Waals surface area contributed by atoms with E-state index in [1.165, 1.54) is 17.0 Å². The average molecular weight is 530 g/mol. The Kier molecular flexibility index (Phi) is 6.32. The molecule has 38 heavy (non-hydrogen) atoms. The molecule has 0 radical (unpaired) electrons. The lowest BCUT2D eigenvalue weighted by atomic mass is 9.76. The van der Waals surface area contributed by atoms with E-state index in [9.17, 15) is 18.8 Å². The van der Waals surface area contributed by atoms with Crippen LogP contribution in [0.3, 0.4) is 0 Å². The maximum Gasteiger partial charge on any atom is 0.253 e. The van der Waals surface area contributed by atoms with Crippen LogP contribution in [0.5, 0.6) is 0 Å². The average Bonchev–Trinajstić information content (AvgIpc) is 3.49. The minimum atomic E-state index is -1.33. The van der Waals surface area contributed by atoms with Crippen LogP contribution in [0, 0.1) is 17.7 Å². The fraction of sp³-hybridized carbons (Fsp3) is 0.300. The first-order chi connectivity index (χ1) is 18.5. The van der Waals surface area contributed by atoms with E-state index in [0.717, 1.165) is 22.4 Å². The lowest BCUT2D eigenvalue weighted by Gasteiger charge is -2.30. The molecule has 194 valence electrons. The van der Waals surface area contributed by atoms with E-state index in [4.69, 9.17) is 0 Å². The number of imide groups is 1. The Balaban J connectivity index is 1.43. The summed E-state index contributed by atoms with van der Waals surface area (Å²) in [4.78, 5) is 45.4. The number of thioether (sulfide) groups is 1. The van der Waals surface area contributed by atoms with E-state index in [2.05, 4.69) is 5.32 Å². The third-order valence-electron chi connectivity index (χ3n) is 8.03. The Hall–Kier alpha value is -3.49. The van der Waals surface area contributed by atoms with E-state index in [-0.39, 0.29) is 42.7 Å². The standard InChI is InChI=1S/C30H28FN3O3S/c1-38-16-15-23-25-26(28(36)34(27(25)35)18-19-7-3-2-4-8-19)30(32-23)22-9-5-6-10-24(22)33(29(30)37)17-20-11-13-21(31)14-12-20/h2-14,23,25-26,32H,15-18H2,1H3/t23-,25+,26+,30+/m1/s1. The van der Waals surface area contributed by atoms with Crippen LogP contribution in [0.2, 0.25) is 0 Å².